The SMILES string of the molecule is CN(C(=O)N1CCc2c(-c3ccc(C(=O)O)cc3F)nn(C(=O)c3c(Cl)cccc3C3(C(F)(F)F)CC3)c2C1)c1ccccc1. The molecule has 8 nitrogen and oxygen atoms in total. The number of hydrogen-bond donors (Lipinski definition) is 1. The van der Waals surface area contributed by atoms with Crippen molar-refractivity contribution >= 4 is 35.2 Å². The lowest BCUT2D eigenvalue weighted by Crippen LogP contribution is -2.44. The largest absolute Gasteiger partial charge is 0.478 e. The van der Waals surface area contributed by atoms with Crippen molar-refractivity contribution in [3.8, 4) is 11.3 Å². The van der Waals surface area contributed by atoms with E-state index in [-0.39, 0.29) is 71.0 Å². The minimum absolute atomic E-state index is 0.0156. The molecule has 1 aliphatic heterocycles. The summed E-state index contributed by atoms with van der Waals surface area (Å²) in [7, 11) is 1.59. The first-order valence-corrected chi connectivity index (χ1v) is 14.3. The van der Waals surface area contributed by atoms with Gasteiger partial charge in [-0.25, -0.2) is 14.0 Å². The van der Waals surface area contributed by atoms with Gasteiger partial charge in [0, 0.05) is 30.4 Å². The smallest absolute Gasteiger partial charge is 0.398 e. The number of halogens is 5. The second kappa shape index (κ2) is 11.0. The highest BCUT2D eigenvalue weighted by Crippen LogP contribution is 2.60. The van der Waals surface area contributed by atoms with Gasteiger partial charge in [0.25, 0.3) is 5.91 Å². The molecule has 2 amide bonds. The van der Waals surface area contributed by atoms with Gasteiger partial charge in [0.2, 0.25) is 0 Å². The molecule has 0 saturated heterocycles. The van der Waals surface area contributed by atoms with Crippen LogP contribution in [0.4, 0.5) is 28.0 Å². The molecule has 6 rings (SSSR count). The van der Waals surface area contributed by atoms with Crippen LogP contribution in [0.25, 0.3) is 11.3 Å². The number of rotatable bonds is 5. The molecule has 2 heterocycles. The van der Waals surface area contributed by atoms with Gasteiger partial charge in [-0.3, -0.25) is 9.69 Å². The summed E-state index contributed by atoms with van der Waals surface area (Å²) in [5.74, 6) is -3.21. The van der Waals surface area contributed by atoms with Crippen molar-refractivity contribution in [2.75, 3.05) is 18.5 Å². The van der Waals surface area contributed by atoms with Gasteiger partial charge >= 0.3 is 18.2 Å². The fourth-order valence-corrected chi connectivity index (χ4v) is 6.11. The van der Waals surface area contributed by atoms with E-state index in [4.69, 9.17) is 11.6 Å². The lowest BCUT2D eigenvalue weighted by atomic mass is 9.90. The van der Waals surface area contributed by atoms with E-state index in [1.165, 1.54) is 40.1 Å². The first-order valence-electron chi connectivity index (χ1n) is 14.0. The second-order valence-electron chi connectivity index (χ2n) is 11.1. The van der Waals surface area contributed by atoms with Crippen LogP contribution in [0, 0.1) is 5.82 Å². The second-order valence-corrected chi connectivity index (χ2v) is 11.5. The van der Waals surface area contributed by atoms with Crippen LogP contribution >= 0.6 is 11.6 Å². The number of nitrogens with zero attached hydrogens (tertiary/aromatic N) is 4. The van der Waals surface area contributed by atoms with Gasteiger partial charge in [-0.15, -0.1) is 0 Å². The Bertz CT molecular complexity index is 1850. The van der Waals surface area contributed by atoms with E-state index in [0.29, 0.717) is 11.3 Å². The summed E-state index contributed by atoms with van der Waals surface area (Å²) in [4.78, 5) is 42.0. The zero-order valence-electron chi connectivity index (χ0n) is 23.7. The van der Waals surface area contributed by atoms with Gasteiger partial charge in [0.05, 0.1) is 39.5 Å². The highest BCUT2D eigenvalue weighted by atomic mass is 35.5. The highest BCUT2D eigenvalue weighted by molar-refractivity contribution is 6.34. The van der Waals surface area contributed by atoms with E-state index in [0.717, 1.165) is 10.7 Å². The minimum atomic E-state index is -4.64. The Balaban J connectivity index is 1.48. The Morgan fingerprint density at radius 3 is 2.36 bits per heavy atom. The molecule has 1 aliphatic carbocycles. The summed E-state index contributed by atoms with van der Waals surface area (Å²) in [5, 5.41) is 13.5. The topological polar surface area (TPSA) is 95.7 Å². The van der Waals surface area contributed by atoms with Gasteiger partial charge in [-0.1, -0.05) is 41.9 Å². The molecule has 0 atom stereocenters. The molecule has 4 aromatic rings. The van der Waals surface area contributed by atoms with Crippen molar-refractivity contribution in [3.05, 3.63) is 106 Å². The van der Waals surface area contributed by atoms with Gasteiger partial charge in [-0.2, -0.15) is 23.0 Å². The quantitative estimate of drug-likeness (QED) is 0.239. The number of aromatic nitrogens is 2. The average Bonchev–Trinajstić information content (AvgIpc) is 3.76. The monoisotopic (exact) mass is 640 g/mol. The van der Waals surface area contributed by atoms with Crippen LogP contribution in [0.5, 0.6) is 0 Å². The third-order valence-electron chi connectivity index (χ3n) is 8.46. The standard InChI is InChI=1S/C32H25ClF4N4O4/c1-39(19-6-3-2-4-7-19)30(45)40-15-12-21-25(17-40)41(38-27(21)20-11-10-18(29(43)44)16-24(20)34)28(42)26-22(8-5-9-23(26)33)31(13-14-31)32(35,36)37/h2-11,16H,12-15,17H2,1H3,(H,43,44). The number of alkyl halides is 3. The minimum Gasteiger partial charge on any atom is -0.478 e. The van der Waals surface area contributed by atoms with E-state index < -0.39 is 35.3 Å². The number of amides is 2. The molecule has 232 valence electrons. The zero-order valence-corrected chi connectivity index (χ0v) is 24.5. The number of para-hydroxylation sites is 1. The number of anilines is 1. The predicted octanol–water partition coefficient (Wildman–Crippen LogP) is 6.94. The third-order valence-corrected chi connectivity index (χ3v) is 8.78. The number of carboxylic acid groups (broad SMARTS) is 1. The molecular weight excluding hydrogens is 616 g/mol. The van der Waals surface area contributed by atoms with Crippen LogP contribution in [0.3, 0.4) is 0 Å². The summed E-state index contributed by atoms with van der Waals surface area (Å²) in [5.41, 5.74) is -2.08. The fraction of sp³-hybridized carbons (Fsp3) is 0.250. The number of carbonyl (C=O) groups excluding carboxylic acids is 2. The molecule has 0 unspecified atom stereocenters. The van der Waals surface area contributed by atoms with Crippen molar-refractivity contribution in [2.45, 2.75) is 37.4 Å². The molecule has 0 bridgehead atoms. The lowest BCUT2D eigenvalue weighted by molar-refractivity contribution is -0.160. The van der Waals surface area contributed by atoms with Crippen LogP contribution in [-0.2, 0) is 18.4 Å². The Kier molecular flexibility index (Phi) is 7.43. The number of fused-ring (bicyclic) bond motifs is 1. The molecule has 1 N–H and O–H groups in total. The van der Waals surface area contributed by atoms with Crippen LogP contribution in [0.2, 0.25) is 5.02 Å². The number of urea groups is 1. The van der Waals surface area contributed by atoms with Gasteiger partial charge in [0.15, 0.2) is 0 Å². The zero-order chi connectivity index (χ0) is 32.3. The van der Waals surface area contributed by atoms with Gasteiger partial charge in [0.1, 0.15) is 5.82 Å². The van der Waals surface area contributed by atoms with Gasteiger partial charge in [-0.05, 0) is 61.2 Å². The first kappa shape index (κ1) is 30.3. The Hall–Kier alpha value is -4.71. The normalized spacial score (nSPS) is 15.4. The maximum atomic E-state index is 15.3. The molecule has 0 spiro atoms. The van der Waals surface area contributed by atoms with Crippen molar-refractivity contribution < 1.29 is 37.1 Å². The maximum absolute atomic E-state index is 15.3. The Morgan fingerprint density at radius 1 is 1.02 bits per heavy atom. The van der Waals surface area contributed by atoms with Crippen molar-refractivity contribution in [2.24, 2.45) is 0 Å². The number of carbonyl (C=O) groups is 3. The van der Waals surface area contributed by atoms with Gasteiger partial charge < -0.3 is 10.0 Å². The first-order chi connectivity index (χ1) is 21.3. The number of benzene rings is 3. The average molecular weight is 641 g/mol. The maximum Gasteiger partial charge on any atom is 0.398 e. The molecule has 1 saturated carbocycles. The van der Waals surface area contributed by atoms with Crippen molar-refractivity contribution in [3.63, 3.8) is 0 Å². The van der Waals surface area contributed by atoms with Crippen molar-refractivity contribution in [1.82, 2.24) is 14.7 Å². The Labute approximate surface area is 259 Å². The van der Waals surface area contributed by atoms with E-state index in [1.807, 2.05) is 0 Å². The fourth-order valence-electron chi connectivity index (χ4n) is 5.86. The van der Waals surface area contributed by atoms with E-state index in [1.54, 1.807) is 37.4 Å². The number of aromatic carboxylic acids is 1. The Morgan fingerprint density at radius 2 is 1.73 bits per heavy atom. The highest BCUT2D eigenvalue weighted by Gasteiger charge is 2.65. The molecule has 13 heteroatoms. The van der Waals surface area contributed by atoms with Crippen molar-refractivity contribution in [1.29, 1.82) is 0 Å². The lowest BCUT2D eigenvalue weighted by Gasteiger charge is -2.31. The number of hydrogen-bond acceptors (Lipinski definition) is 4. The summed E-state index contributed by atoms with van der Waals surface area (Å²) < 4.78 is 58.9. The summed E-state index contributed by atoms with van der Waals surface area (Å²) in [6.07, 6.45) is -4.93. The van der Waals surface area contributed by atoms with Crippen LogP contribution in [0.1, 0.15) is 50.4 Å². The summed E-state index contributed by atoms with van der Waals surface area (Å²) in [6, 6.07) is 15.6. The summed E-state index contributed by atoms with van der Waals surface area (Å²) in [6.45, 7) is 0.00234. The van der Waals surface area contributed by atoms with E-state index in [9.17, 15) is 32.7 Å². The molecule has 0 radical (unpaired) electrons. The molecule has 1 aromatic heterocycles. The predicted molar refractivity (Wildman–Crippen MR) is 157 cm³/mol. The van der Waals surface area contributed by atoms with Crippen LogP contribution < -0.4 is 4.90 Å². The van der Waals surface area contributed by atoms with E-state index >= 15 is 4.39 Å². The molecular formula is C32H25ClF4N4O4. The third kappa shape index (κ3) is 5.12. The summed E-state index contributed by atoms with van der Waals surface area (Å²) >= 11 is 6.41. The molecule has 45 heavy (non-hydrogen) atoms. The molecule has 2 aliphatic rings. The van der Waals surface area contributed by atoms with E-state index in [2.05, 4.69) is 5.10 Å². The molecule has 3 aromatic carbocycles. The molecule has 1 fully saturated rings. The number of carboxylic acids is 1. The van der Waals surface area contributed by atoms with Crippen LogP contribution in [-0.4, -0.2) is 57.5 Å². The van der Waals surface area contributed by atoms with Crippen LogP contribution in [0.15, 0.2) is 66.7 Å².